The number of carbonyl (C=O) groups excluding carboxylic acids is 1. The zero-order chi connectivity index (χ0) is 19.5. The number of hydrogen-bond donors (Lipinski definition) is 1. The molecule has 28 heavy (non-hydrogen) atoms. The third-order valence-corrected chi connectivity index (χ3v) is 5.64. The first-order chi connectivity index (χ1) is 13.6. The number of amides is 1. The molecule has 0 aliphatic carbocycles. The first-order valence-electron chi connectivity index (χ1n) is 9.00. The number of fused-ring (bicyclic) bond motifs is 1. The summed E-state index contributed by atoms with van der Waals surface area (Å²) >= 11 is 1.41. The molecule has 0 bridgehead atoms. The van der Waals surface area contributed by atoms with E-state index in [0.717, 1.165) is 38.6 Å². The number of aryl methyl sites for hydroxylation is 1. The Morgan fingerprint density at radius 2 is 1.93 bits per heavy atom. The molecular formula is C22H20N4OS. The van der Waals surface area contributed by atoms with Gasteiger partial charge in [-0.05, 0) is 37.1 Å². The Morgan fingerprint density at radius 1 is 1.11 bits per heavy atom. The second kappa shape index (κ2) is 7.86. The summed E-state index contributed by atoms with van der Waals surface area (Å²) in [6.07, 6.45) is 3.53. The number of hydrogen-bond acceptors (Lipinski definition) is 4. The molecule has 0 atom stereocenters. The molecule has 2 heterocycles. The highest BCUT2D eigenvalue weighted by atomic mass is 32.2. The van der Waals surface area contributed by atoms with Crippen molar-refractivity contribution >= 4 is 28.9 Å². The Balaban J connectivity index is 1.51. The van der Waals surface area contributed by atoms with Crippen molar-refractivity contribution in [3.8, 4) is 11.3 Å². The van der Waals surface area contributed by atoms with Crippen molar-refractivity contribution in [2.24, 2.45) is 0 Å². The van der Waals surface area contributed by atoms with Crippen LogP contribution in [0, 0.1) is 13.8 Å². The molecule has 1 amide bonds. The standard InChI is InChI=1S/C22H20N4OS/c1-15-7-6-10-18(16(15)2)24-21(27)14-28-22-20-13-19(17-8-4-3-5-9-17)25-26(20)12-11-23-22/h3-13H,14H2,1-2H3,(H,24,27). The number of nitrogens with zero attached hydrogens (tertiary/aromatic N) is 3. The Hall–Kier alpha value is -3.12. The molecular weight excluding hydrogens is 368 g/mol. The van der Waals surface area contributed by atoms with Gasteiger partial charge in [0.2, 0.25) is 5.91 Å². The smallest absolute Gasteiger partial charge is 0.234 e. The predicted molar refractivity (Wildman–Crippen MR) is 114 cm³/mol. The van der Waals surface area contributed by atoms with Crippen LogP contribution >= 0.6 is 11.8 Å². The molecule has 0 aliphatic rings. The van der Waals surface area contributed by atoms with Crippen LogP contribution in [-0.4, -0.2) is 26.3 Å². The largest absolute Gasteiger partial charge is 0.325 e. The van der Waals surface area contributed by atoms with Gasteiger partial charge in [0.05, 0.1) is 17.0 Å². The zero-order valence-corrected chi connectivity index (χ0v) is 16.5. The molecule has 0 saturated carbocycles. The van der Waals surface area contributed by atoms with Crippen molar-refractivity contribution in [3.63, 3.8) is 0 Å². The number of anilines is 1. The third-order valence-electron chi connectivity index (χ3n) is 4.64. The van der Waals surface area contributed by atoms with E-state index in [2.05, 4.69) is 15.4 Å². The molecule has 2 aromatic heterocycles. The van der Waals surface area contributed by atoms with Gasteiger partial charge in [-0.2, -0.15) is 5.10 Å². The summed E-state index contributed by atoms with van der Waals surface area (Å²) in [5.41, 5.74) is 5.93. The van der Waals surface area contributed by atoms with Gasteiger partial charge in [-0.1, -0.05) is 54.2 Å². The lowest BCUT2D eigenvalue weighted by atomic mass is 10.1. The van der Waals surface area contributed by atoms with Crippen molar-refractivity contribution in [2.75, 3.05) is 11.1 Å². The number of carbonyl (C=O) groups is 1. The van der Waals surface area contributed by atoms with Gasteiger partial charge in [0.25, 0.3) is 0 Å². The van der Waals surface area contributed by atoms with E-state index in [-0.39, 0.29) is 11.7 Å². The molecule has 0 unspecified atom stereocenters. The number of nitrogens with one attached hydrogen (secondary N) is 1. The molecule has 140 valence electrons. The van der Waals surface area contributed by atoms with Crippen LogP contribution in [0.4, 0.5) is 5.69 Å². The van der Waals surface area contributed by atoms with E-state index in [1.165, 1.54) is 11.8 Å². The topological polar surface area (TPSA) is 59.3 Å². The van der Waals surface area contributed by atoms with Gasteiger partial charge in [-0.3, -0.25) is 4.79 Å². The van der Waals surface area contributed by atoms with E-state index in [0.29, 0.717) is 0 Å². The summed E-state index contributed by atoms with van der Waals surface area (Å²) in [7, 11) is 0. The fraction of sp³-hybridized carbons (Fsp3) is 0.136. The molecule has 1 N–H and O–H groups in total. The molecule has 2 aromatic carbocycles. The van der Waals surface area contributed by atoms with Gasteiger partial charge in [0.15, 0.2) is 0 Å². The van der Waals surface area contributed by atoms with Crippen LogP contribution in [-0.2, 0) is 4.79 Å². The fourth-order valence-electron chi connectivity index (χ4n) is 2.97. The molecule has 0 saturated heterocycles. The first kappa shape index (κ1) is 18.3. The molecule has 6 heteroatoms. The summed E-state index contributed by atoms with van der Waals surface area (Å²) in [5.74, 6) is 0.233. The average Bonchev–Trinajstić information content (AvgIpc) is 3.15. The molecule has 4 aromatic rings. The van der Waals surface area contributed by atoms with Crippen LogP contribution in [0.5, 0.6) is 0 Å². The maximum atomic E-state index is 12.4. The van der Waals surface area contributed by atoms with Crippen molar-refractivity contribution in [1.82, 2.24) is 14.6 Å². The van der Waals surface area contributed by atoms with Gasteiger partial charge < -0.3 is 5.32 Å². The van der Waals surface area contributed by atoms with E-state index in [1.807, 2.05) is 74.6 Å². The Labute approximate surface area is 167 Å². The highest BCUT2D eigenvalue weighted by Gasteiger charge is 2.12. The van der Waals surface area contributed by atoms with Crippen LogP contribution in [0.15, 0.2) is 72.0 Å². The second-order valence-corrected chi connectivity index (χ2v) is 7.51. The summed E-state index contributed by atoms with van der Waals surface area (Å²) in [6, 6.07) is 17.9. The molecule has 0 aliphatic heterocycles. The Morgan fingerprint density at radius 3 is 2.75 bits per heavy atom. The number of benzene rings is 2. The maximum Gasteiger partial charge on any atom is 0.234 e. The fourth-order valence-corrected chi connectivity index (χ4v) is 3.74. The minimum absolute atomic E-state index is 0.0506. The van der Waals surface area contributed by atoms with E-state index >= 15 is 0 Å². The van der Waals surface area contributed by atoms with Gasteiger partial charge in [-0.15, -0.1) is 0 Å². The SMILES string of the molecule is Cc1cccc(NC(=O)CSc2nccn3nc(-c4ccccc4)cc23)c1C. The maximum absolute atomic E-state index is 12.4. The van der Waals surface area contributed by atoms with Crippen LogP contribution in [0.1, 0.15) is 11.1 Å². The number of aromatic nitrogens is 3. The Bertz CT molecular complexity index is 1140. The second-order valence-electron chi connectivity index (χ2n) is 6.54. The van der Waals surface area contributed by atoms with Gasteiger partial charge in [-0.25, -0.2) is 9.50 Å². The zero-order valence-electron chi connectivity index (χ0n) is 15.7. The summed E-state index contributed by atoms with van der Waals surface area (Å²) in [6.45, 7) is 4.05. The van der Waals surface area contributed by atoms with Crippen molar-refractivity contribution in [2.45, 2.75) is 18.9 Å². The van der Waals surface area contributed by atoms with Crippen LogP contribution in [0.2, 0.25) is 0 Å². The molecule has 0 radical (unpaired) electrons. The predicted octanol–water partition coefficient (Wildman–Crippen LogP) is 4.74. The van der Waals surface area contributed by atoms with Crippen LogP contribution in [0.3, 0.4) is 0 Å². The van der Waals surface area contributed by atoms with E-state index in [1.54, 1.807) is 10.7 Å². The monoisotopic (exact) mass is 388 g/mol. The molecule has 0 spiro atoms. The van der Waals surface area contributed by atoms with Crippen LogP contribution < -0.4 is 5.32 Å². The molecule has 4 rings (SSSR count). The normalized spacial score (nSPS) is 10.9. The number of thioether (sulfide) groups is 1. The lowest BCUT2D eigenvalue weighted by Crippen LogP contribution is -2.15. The minimum Gasteiger partial charge on any atom is -0.325 e. The Kier molecular flexibility index (Phi) is 5.12. The quantitative estimate of drug-likeness (QED) is 0.502. The minimum atomic E-state index is -0.0506. The lowest BCUT2D eigenvalue weighted by Gasteiger charge is -2.10. The van der Waals surface area contributed by atoms with E-state index < -0.39 is 0 Å². The molecule has 0 fully saturated rings. The summed E-state index contributed by atoms with van der Waals surface area (Å²) in [5, 5.41) is 8.40. The first-order valence-corrected chi connectivity index (χ1v) is 9.99. The average molecular weight is 388 g/mol. The van der Waals surface area contributed by atoms with Crippen molar-refractivity contribution < 1.29 is 4.79 Å². The van der Waals surface area contributed by atoms with Gasteiger partial charge in [0.1, 0.15) is 5.03 Å². The van der Waals surface area contributed by atoms with Crippen molar-refractivity contribution in [1.29, 1.82) is 0 Å². The van der Waals surface area contributed by atoms with Gasteiger partial charge >= 0.3 is 0 Å². The third kappa shape index (κ3) is 3.77. The van der Waals surface area contributed by atoms with E-state index in [9.17, 15) is 4.79 Å². The lowest BCUT2D eigenvalue weighted by molar-refractivity contribution is -0.113. The van der Waals surface area contributed by atoms with Crippen molar-refractivity contribution in [3.05, 3.63) is 78.1 Å². The summed E-state index contributed by atoms with van der Waals surface area (Å²) in [4.78, 5) is 16.9. The highest BCUT2D eigenvalue weighted by molar-refractivity contribution is 8.00. The van der Waals surface area contributed by atoms with E-state index in [4.69, 9.17) is 0 Å². The molecule has 5 nitrogen and oxygen atoms in total. The highest BCUT2D eigenvalue weighted by Crippen LogP contribution is 2.26. The number of rotatable bonds is 5. The van der Waals surface area contributed by atoms with Gasteiger partial charge in [0, 0.05) is 23.6 Å². The summed E-state index contributed by atoms with van der Waals surface area (Å²) < 4.78 is 1.81. The van der Waals surface area contributed by atoms with Crippen LogP contribution in [0.25, 0.3) is 16.8 Å².